The lowest BCUT2D eigenvalue weighted by atomic mass is 10.1. The number of anilines is 5. The molecule has 0 unspecified atom stereocenters. The molecule has 3 rings (SSSR count). The summed E-state index contributed by atoms with van der Waals surface area (Å²) in [4.78, 5) is 8.55. The van der Waals surface area contributed by atoms with Crippen LogP contribution in [0.1, 0.15) is 25.3 Å². The standard InChI is InChI=1S/C22H27N5O2/c1-4-5-6-15-7-9-16(10-8-15)26-21-20(23)22(25-14-24-21)27-18-12-11-17(28-2)13-19(18)29-3/h7-14H,4-6,23H2,1-3H3,(H2,24,25,26,27). The van der Waals surface area contributed by atoms with Crippen molar-refractivity contribution in [3.8, 4) is 11.5 Å². The van der Waals surface area contributed by atoms with Gasteiger partial charge in [0.05, 0.1) is 19.9 Å². The predicted octanol–water partition coefficient (Wildman–Crippen LogP) is 4.91. The van der Waals surface area contributed by atoms with E-state index in [4.69, 9.17) is 15.2 Å². The van der Waals surface area contributed by atoms with Crippen LogP contribution in [0.5, 0.6) is 11.5 Å². The zero-order chi connectivity index (χ0) is 20.6. The number of nitrogens with one attached hydrogen (secondary N) is 2. The van der Waals surface area contributed by atoms with Crippen LogP contribution in [0.25, 0.3) is 0 Å². The van der Waals surface area contributed by atoms with E-state index >= 15 is 0 Å². The highest BCUT2D eigenvalue weighted by Gasteiger charge is 2.12. The van der Waals surface area contributed by atoms with E-state index < -0.39 is 0 Å². The highest BCUT2D eigenvalue weighted by atomic mass is 16.5. The summed E-state index contributed by atoms with van der Waals surface area (Å²) in [6.45, 7) is 2.20. The van der Waals surface area contributed by atoms with Crippen LogP contribution in [0.4, 0.5) is 28.7 Å². The molecule has 7 nitrogen and oxygen atoms in total. The fraction of sp³-hybridized carbons (Fsp3) is 0.273. The lowest BCUT2D eigenvalue weighted by Gasteiger charge is -2.15. The maximum absolute atomic E-state index is 6.31. The monoisotopic (exact) mass is 393 g/mol. The maximum Gasteiger partial charge on any atom is 0.159 e. The maximum atomic E-state index is 6.31. The molecule has 2 aromatic carbocycles. The first-order valence-corrected chi connectivity index (χ1v) is 9.60. The van der Waals surface area contributed by atoms with Crippen LogP contribution in [0.15, 0.2) is 48.8 Å². The van der Waals surface area contributed by atoms with Gasteiger partial charge in [-0.05, 0) is 42.7 Å². The van der Waals surface area contributed by atoms with Crippen molar-refractivity contribution in [2.45, 2.75) is 26.2 Å². The first kappa shape index (κ1) is 20.3. The SMILES string of the molecule is CCCCc1ccc(Nc2ncnc(Nc3ccc(OC)cc3OC)c2N)cc1. The van der Waals surface area contributed by atoms with Crippen molar-refractivity contribution >= 4 is 28.7 Å². The minimum Gasteiger partial charge on any atom is -0.497 e. The second kappa shape index (κ2) is 9.64. The molecule has 0 spiro atoms. The number of aromatic nitrogens is 2. The van der Waals surface area contributed by atoms with E-state index in [1.807, 2.05) is 24.3 Å². The number of hydrogen-bond donors (Lipinski definition) is 3. The quantitative estimate of drug-likeness (QED) is 0.476. The van der Waals surface area contributed by atoms with Gasteiger partial charge in [-0.1, -0.05) is 25.5 Å². The van der Waals surface area contributed by atoms with Gasteiger partial charge in [0.1, 0.15) is 23.5 Å². The number of methoxy groups -OCH3 is 2. The summed E-state index contributed by atoms with van der Waals surface area (Å²) in [5, 5.41) is 6.47. The normalized spacial score (nSPS) is 10.4. The number of nitrogens with two attached hydrogens (primary N) is 1. The van der Waals surface area contributed by atoms with E-state index in [0.717, 1.165) is 17.8 Å². The summed E-state index contributed by atoms with van der Waals surface area (Å²) in [5.74, 6) is 2.36. The van der Waals surface area contributed by atoms with Crippen LogP contribution in [-0.4, -0.2) is 24.2 Å². The zero-order valence-electron chi connectivity index (χ0n) is 17.0. The Kier molecular flexibility index (Phi) is 6.73. The van der Waals surface area contributed by atoms with Crippen molar-refractivity contribution in [1.29, 1.82) is 0 Å². The van der Waals surface area contributed by atoms with Gasteiger partial charge in [0.15, 0.2) is 11.6 Å². The molecule has 1 heterocycles. The van der Waals surface area contributed by atoms with E-state index in [1.165, 1.54) is 24.7 Å². The Bertz CT molecular complexity index is 944. The number of unbranched alkanes of at least 4 members (excludes halogenated alkanes) is 1. The van der Waals surface area contributed by atoms with Gasteiger partial charge >= 0.3 is 0 Å². The van der Waals surface area contributed by atoms with Gasteiger partial charge in [0, 0.05) is 11.8 Å². The lowest BCUT2D eigenvalue weighted by molar-refractivity contribution is 0.395. The molecule has 0 aliphatic heterocycles. The third-order valence-corrected chi connectivity index (χ3v) is 4.58. The van der Waals surface area contributed by atoms with Crippen molar-refractivity contribution < 1.29 is 9.47 Å². The smallest absolute Gasteiger partial charge is 0.159 e. The summed E-state index contributed by atoms with van der Waals surface area (Å²) in [6, 6.07) is 13.8. The van der Waals surface area contributed by atoms with Crippen molar-refractivity contribution in [2.75, 3.05) is 30.6 Å². The largest absolute Gasteiger partial charge is 0.497 e. The predicted molar refractivity (Wildman–Crippen MR) is 118 cm³/mol. The Hall–Kier alpha value is -3.48. The van der Waals surface area contributed by atoms with Gasteiger partial charge in [0.25, 0.3) is 0 Å². The topological polar surface area (TPSA) is 94.3 Å². The van der Waals surface area contributed by atoms with Gasteiger partial charge in [-0.25, -0.2) is 9.97 Å². The average molecular weight is 393 g/mol. The molecule has 0 saturated heterocycles. The van der Waals surface area contributed by atoms with E-state index in [1.54, 1.807) is 20.3 Å². The van der Waals surface area contributed by atoms with Gasteiger partial charge in [-0.3, -0.25) is 0 Å². The summed E-state index contributed by atoms with van der Waals surface area (Å²) in [6.07, 6.45) is 4.93. The molecular formula is C22H27N5O2. The molecule has 0 fully saturated rings. The Labute approximate surface area is 171 Å². The molecule has 0 bridgehead atoms. The molecule has 0 aliphatic rings. The van der Waals surface area contributed by atoms with Crippen LogP contribution in [0, 0.1) is 0 Å². The third kappa shape index (κ3) is 5.07. The fourth-order valence-corrected chi connectivity index (χ4v) is 2.90. The zero-order valence-corrected chi connectivity index (χ0v) is 17.0. The van der Waals surface area contributed by atoms with Crippen LogP contribution >= 0.6 is 0 Å². The molecule has 0 saturated carbocycles. The Morgan fingerprint density at radius 1 is 0.931 bits per heavy atom. The second-order valence-corrected chi connectivity index (χ2v) is 6.60. The summed E-state index contributed by atoms with van der Waals surface area (Å²) < 4.78 is 10.7. The highest BCUT2D eigenvalue weighted by molar-refractivity contribution is 5.81. The van der Waals surface area contributed by atoms with Gasteiger partial charge < -0.3 is 25.8 Å². The molecule has 1 aromatic heterocycles. The van der Waals surface area contributed by atoms with Crippen molar-refractivity contribution in [3.05, 3.63) is 54.4 Å². The molecule has 4 N–H and O–H groups in total. The Morgan fingerprint density at radius 2 is 1.66 bits per heavy atom. The third-order valence-electron chi connectivity index (χ3n) is 4.58. The minimum atomic E-state index is 0.417. The van der Waals surface area contributed by atoms with E-state index in [0.29, 0.717) is 28.8 Å². The van der Waals surface area contributed by atoms with E-state index in [9.17, 15) is 0 Å². The summed E-state index contributed by atoms with van der Waals surface area (Å²) >= 11 is 0. The summed E-state index contributed by atoms with van der Waals surface area (Å²) in [5.41, 5.74) is 9.69. The van der Waals surface area contributed by atoms with Crippen molar-refractivity contribution in [2.24, 2.45) is 0 Å². The van der Waals surface area contributed by atoms with Crippen LogP contribution < -0.4 is 25.8 Å². The molecule has 0 aliphatic carbocycles. The van der Waals surface area contributed by atoms with E-state index in [2.05, 4.69) is 39.7 Å². The number of nitrogens with zero attached hydrogens (tertiary/aromatic N) is 2. The second-order valence-electron chi connectivity index (χ2n) is 6.60. The molecule has 0 atom stereocenters. The Morgan fingerprint density at radius 3 is 2.31 bits per heavy atom. The first-order chi connectivity index (χ1) is 14.1. The fourth-order valence-electron chi connectivity index (χ4n) is 2.90. The minimum absolute atomic E-state index is 0.417. The Balaban J connectivity index is 1.78. The van der Waals surface area contributed by atoms with Crippen LogP contribution in [-0.2, 0) is 6.42 Å². The van der Waals surface area contributed by atoms with Gasteiger partial charge in [-0.15, -0.1) is 0 Å². The van der Waals surface area contributed by atoms with Gasteiger partial charge in [-0.2, -0.15) is 0 Å². The molecular weight excluding hydrogens is 366 g/mol. The van der Waals surface area contributed by atoms with Crippen molar-refractivity contribution in [3.63, 3.8) is 0 Å². The molecule has 29 heavy (non-hydrogen) atoms. The first-order valence-electron chi connectivity index (χ1n) is 9.60. The molecule has 152 valence electrons. The van der Waals surface area contributed by atoms with Gasteiger partial charge in [0.2, 0.25) is 0 Å². The van der Waals surface area contributed by atoms with E-state index in [-0.39, 0.29) is 0 Å². The number of nitrogen functional groups attached to an aromatic ring is 1. The van der Waals surface area contributed by atoms with Crippen molar-refractivity contribution in [1.82, 2.24) is 9.97 Å². The highest BCUT2D eigenvalue weighted by Crippen LogP contribution is 2.34. The molecule has 7 heteroatoms. The number of benzene rings is 2. The summed E-state index contributed by atoms with van der Waals surface area (Å²) in [7, 11) is 3.21. The molecule has 0 amide bonds. The number of aryl methyl sites for hydroxylation is 1. The van der Waals surface area contributed by atoms with Crippen LogP contribution in [0.3, 0.4) is 0 Å². The average Bonchev–Trinajstić information content (AvgIpc) is 2.76. The molecule has 0 radical (unpaired) electrons. The number of hydrogen-bond acceptors (Lipinski definition) is 7. The lowest BCUT2D eigenvalue weighted by Crippen LogP contribution is -2.06. The number of ether oxygens (including phenoxy) is 2. The number of rotatable bonds is 9. The molecule has 3 aromatic rings. The van der Waals surface area contributed by atoms with Crippen LogP contribution in [0.2, 0.25) is 0 Å².